The van der Waals surface area contributed by atoms with Crippen LogP contribution in [0.15, 0.2) is 12.1 Å². The molecule has 1 rings (SSSR count). The van der Waals surface area contributed by atoms with Gasteiger partial charge in [0, 0.05) is 34.9 Å². The van der Waals surface area contributed by atoms with Crippen LogP contribution in [0, 0.1) is 0 Å². The van der Waals surface area contributed by atoms with E-state index in [2.05, 4.69) is 12.2 Å². The van der Waals surface area contributed by atoms with Crippen molar-refractivity contribution in [2.24, 2.45) is 0 Å². The third-order valence-electron chi connectivity index (χ3n) is 2.90. The van der Waals surface area contributed by atoms with E-state index in [1.165, 1.54) is 0 Å². The predicted molar refractivity (Wildman–Crippen MR) is 86.0 cm³/mol. The number of hydrogen-bond donors (Lipinski definition) is 1. The summed E-state index contributed by atoms with van der Waals surface area (Å²) >= 11 is 18.1. The molecule has 0 radical (unpaired) electrons. The van der Waals surface area contributed by atoms with Gasteiger partial charge in [0.15, 0.2) is 0 Å². The number of nitrogens with one attached hydrogen (secondary N) is 1. The Morgan fingerprint density at radius 2 is 1.84 bits per heavy atom. The van der Waals surface area contributed by atoms with Crippen molar-refractivity contribution in [1.29, 1.82) is 0 Å². The zero-order chi connectivity index (χ0) is 14.6. The standard InChI is InChI=1S/C13H18Cl3NOS/c1-8(6-7-19(3)18)17-9(2)10-4-5-11(14)13(16)12(10)15/h4-5,8-9,17H,6-7H2,1-3H3. The number of halogens is 3. The first kappa shape index (κ1) is 17.3. The average molecular weight is 343 g/mol. The first-order valence-electron chi connectivity index (χ1n) is 6.02. The van der Waals surface area contributed by atoms with E-state index in [0.717, 1.165) is 12.0 Å². The second-order valence-corrected chi connectivity index (χ2v) is 7.34. The van der Waals surface area contributed by atoms with Crippen LogP contribution in [0.3, 0.4) is 0 Å². The van der Waals surface area contributed by atoms with Crippen molar-refractivity contribution >= 4 is 45.6 Å². The Morgan fingerprint density at radius 3 is 2.42 bits per heavy atom. The van der Waals surface area contributed by atoms with E-state index in [0.29, 0.717) is 20.8 Å². The first-order chi connectivity index (χ1) is 8.82. The maximum atomic E-state index is 11.1. The van der Waals surface area contributed by atoms with E-state index in [9.17, 15) is 4.21 Å². The van der Waals surface area contributed by atoms with Crippen molar-refractivity contribution < 1.29 is 4.21 Å². The minimum Gasteiger partial charge on any atom is -0.308 e. The van der Waals surface area contributed by atoms with Gasteiger partial charge in [-0.15, -0.1) is 0 Å². The van der Waals surface area contributed by atoms with Gasteiger partial charge in [0.05, 0.1) is 15.1 Å². The molecule has 0 fully saturated rings. The molecule has 3 atom stereocenters. The van der Waals surface area contributed by atoms with Crippen molar-refractivity contribution in [2.75, 3.05) is 12.0 Å². The zero-order valence-corrected chi connectivity index (χ0v) is 14.3. The number of hydrogen-bond acceptors (Lipinski definition) is 2. The normalized spacial score (nSPS) is 16.1. The van der Waals surface area contributed by atoms with E-state index in [4.69, 9.17) is 34.8 Å². The monoisotopic (exact) mass is 341 g/mol. The summed E-state index contributed by atoms with van der Waals surface area (Å²) in [7, 11) is -0.761. The fraction of sp³-hybridized carbons (Fsp3) is 0.538. The smallest absolute Gasteiger partial charge is 0.0781 e. The summed E-state index contributed by atoms with van der Waals surface area (Å²) in [4.78, 5) is 0. The minimum atomic E-state index is -0.761. The van der Waals surface area contributed by atoms with E-state index >= 15 is 0 Å². The van der Waals surface area contributed by atoms with Gasteiger partial charge in [-0.25, -0.2) is 0 Å². The van der Waals surface area contributed by atoms with Crippen molar-refractivity contribution in [3.05, 3.63) is 32.8 Å². The molecule has 1 N–H and O–H groups in total. The van der Waals surface area contributed by atoms with E-state index in [1.807, 2.05) is 13.0 Å². The van der Waals surface area contributed by atoms with Crippen molar-refractivity contribution in [1.82, 2.24) is 5.32 Å². The van der Waals surface area contributed by atoms with Gasteiger partial charge in [0.1, 0.15) is 0 Å². The SMILES string of the molecule is CC(CCS(C)=O)NC(C)c1ccc(Cl)c(Cl)c1Cl. The van der Waals surface area contributed by atoms with E-state index in [-0.39, 0.29) is 12.1 Å². The van der Waals surface area contributed by atoms with Gasteiger partial charge in [0.25, 0.3) is 0 Å². The molecule has 0 amide bonds. The number of benzene rings is 1. The zero-order valence-electron chi connectivity index (χ0n) is 11.2. The number of rotatable bonds is 6. The third kappa shape index (κ3) is 5.24. The first-order valence-corrected chi connectivity index (χ1v) is 8.88. The third-order valence-corrected chi connectivity index (χ3v) is 5.02. The quantitative estimate of drug-likeness (QED) is 0.774. The molecule has 0 bridgehead atoms. The largest absolute Gasteiger partial charge is 0.308 e. The fourth-order valence-corrected chi connectivity index (χ4v) is 3.21. The summed E-state index contributed by atoms with van der Waals surface area (Å²) in [5.41, 5.74) is 0.917. The maximum Gasteiger partial charge on any atom is 0.0781 e. The second-order valence-electron chi connectivity index (χ2n) is 4.62. The molecule has 108 valence electrons. The van der Waals surface area contributed by atoms with Crippen molar-refractivity contribution in [3.63, 3.8) is 0 Å². The molecule has 0 aliphatic rings. The highest BCUT2D eigenvalue weighted by molar-refractivity contribution is 7.84. The highest BCUT2D eigenvalue weighted by Crippen LogP contribution is 2.35. The molecule has 19 heavy (non-hydrogen) atoms. The average Bonchev–Trinajstić information content (AvgIpc) is 2.33. The predicted octanol–water partition coefficient (Wildman–Crippen LogP) is 4.45. The van der Waals surface area contributed by atoms with Crippen LogP contribution in [-0.4, -0.2) is 22.3 Å². The van der Waals surface area contributed by atoms with Gasteiger partial charge < -0.3 is 5.32 Å². The van der Waals surface area contributed by atoms with E-state index < -0.39 is 10.8 Å². The Hall–Kier alpha value is 0.200. The molecule has 1 aromatic carbocycles. The Bertz CT molecular complexity index is 467. The highest BCUT2D eigenvalue weighted by atomic mass is 35.5. The molecule has 0 heterocycles. The molecule has 0 saturated carbocycles. The molecule has 6 heteroatoms. The molecule has 0 aliphatic carbocycles. The van der Waals surface area contributed by atoms with Gasteiger partial charge in [-0.1, -0.05) is 40.9 Å². The van der Waals surface area contributed by atoms with Gasteiger partial charge >= 0.3 is 0 Å². The van der Waals surface area contributed by atoms with Crippen molar-refractivity contribution in [2.45, 2.75) is 32.4 Å². The van der Waals surface area contributed by atoms with Crippen LogP contribution in [-0.2, 0) is 10.8 Å². The second kappa shape index (κ2) is 7.84. The summed E-state index contributed by atoms with van der Waals surface area (Å²) in [6, 6.07) is 3.93. The van der Waals surface area contributed by atoms with E-state index in [1.54, 1.807) is 12.3 Å². The molecule has 0 saturated heterocycles. The summed E-state index contributed by atoms with van der Waals surface area (Å²) in [5.74, 6) is 0.690. The Kier molecular flexibility index (Phi) is 7.12. The summed E-state index contributed by atoms with van der Waals surface area (Å²) in [6.07, 6.45) is 2.57. The summed E-state index contributed by atoms with van der Waals surface area (Å²) in [5, 5.41) is 4.75. The van der Waals surface area contributed by atoms with Crippen LogP contribution < -0.4 is 5.32 Å². The molecule has 0 aromatic heterocycles. The molecule has 2 nitrogen and oxygen atoms in total. The highest BCUT2D eigenvalue weighted by Gasteiger charge is 2.16. The molecular formula is C13H18Cl3NOS. The lowest BCUT2D eigenvalue weighted by molar-refractivity contribution is 0.470. The summed E-state index contributed by atoms with van der Waals surface area (Å²) < 4.78 is 11.1. The van der Waals surface area contributed by atoms with Crippen LogP contribution >= 0.6 is 34.8 Å². The van der Waals surface area contributed by atoms with Crippen molar-refractivity contribution in [3.8, 4) is 0 Å². The molecule has 3 unspecified atom stereocenters. The van der Waals surface area contributed by atoms with Gasteiger partial charge in [-0.3, -0.25) is 4.21 Å². The van der Waals surface area contributed by atoms with Crippen LogP contribution in [0.25, 0.3) is 0 Å². The van der Waals surface area contributed by atoms with Gasteiger partial charge in [-0.05, 0) is 31.9 Å². The Balaban J connectivity index is 2.70. The minimum absolute atomic E-state index is 0.0579. The molecule has 1 aromatic rings. The lowest BCUT2D eigenvalue weighted by Gasteiger charge is -2.21. The Labute approximate surface area is 132 Å². The van der Waals surface area contributed by atoms with Crippen LogP contribution in [0.4, 0.5) is 0 Å². The molecule has 0 spiro atoms. The molecular weight excluding hydrogens is 325 g/mol. The lowest BCUT2D eigenvalue weighted by atomic mass is 10.1. The van der Waals surface area contributed by atoms with Crippen LogP contribution in [0.1, 0.15) is 31.9 Å². The summed E-state index contributed by atoms with van der Waals surface area (Å²) in [6.45, 7) is 4.08. The topological polar surface area (TPSA) is 29.1 Å². The van der Waals surface area contributed by atoms with Crippen LogP contribution in [0.2, 0.25) is 15.1 Å². The maximum absolute atomic E-state index is 11.1. The fourth-order valence-electron chi connectivity index (χ4n) is 1.82. The lowest BCUT2D eigenvalue weighted by Crippen LogP contribution is -2.30. The van der Waals surface area contributed by atoms with Gasteiger partial charge in [0.2, 0.25) is 0 Å². The van der Waals surface area contributed by atoms with Gasteiger partial charge in [-0.2, -0.15) is 0 Å². The Morgan fingerprint density at radius 1 is 1.21 bits per heavy atom. The van der Waals surface area contributed by atoms with Crippen LogP contribution in [0.5, 0.6) is 0 Å². The molecule has 0 aliphatic heterocycles.